The standard InChI is InChI=1S/C15H16ClN3OS/c16-14-4-10-6-17-12(5-13(10)21-14)15(20)18-11-3-9-1-2-19(7-9)8-11/h4-6,9,11H,1-3,7-8H2,(H,18,20)/t9-,11+/m0/s1. The van der Waals surface area contributed by atoms with E-state index < -0.39 is 0 Å². The van der Waals surface area contributed by atoms with Gasteiger partial charge in [0.1, 0.15) is 5.69 Å². The molecule has 0 aromatic carbocycles. The summed E-state index contributed by atoms with van der Waals surface area (Å²) in [5.74, 6) is 0.671. The lowest BCUT2D eigenvalue weighted by atomic mass is 9.97. The maximum atomic E-state index is 12.4. The second-order valence-corrected chi connectivity index (χ2v) is 7.69. The molecule has 1 amide bonds. The van der Waals surface area contributed by atoms with Gasteiger partial charge in [-0.15, -0.1) is 11.3 Å². The van der Waals surface area contributed by atoms with Gasteiger partial charge in [0, 0.05) is 35.4 Å². The van der Waals surface area contributed by atoms with E-state index in [1.54, 1.807) is 6.20 Å². The lowest BCUT2D eigenvalue weighted by Gasteiger charge is -2.30. The predicted octanol–water partition coefficient (Wildman–Crippen LogP) is 2.77. The number of amides is 1. The van der Waals surface area contributed by atoms with Crippen molar-refractivity contribution in [2.75, 3.05) is 19.6 Å². The summed E-state index contributed by atoms with van der Waals surface area (Å²) < 4.78 is 1.73. The summed E-state index contributed by atoms with van der Waals surface area (Å²) >= 11 is 7.47. The van der Waals surface area contributed by atoms with Gasteiger partial charge in [-0.05, 0) is 37.4 Å². The lowest BCUT2D eigenvalue weighted by Crippen LogP contribution is -2.47. The third-order valence-corrected chi connectivity index (χ3v) is 5.63. The minimum Gasteiger partial charge on any atom is -0.347 e. The highest BCUT2D eigenvalue weighted by Gasteiger charge is 2.33. The van der Waals surface area contributed by atoms with Crippen LogP contribution in [0.5, 0.6) is 0 Å². The van der Waals surface area contributed by atoms with E-state index in [0.717, 1.165) is 33.3 Å². The van der Waals surface area contributed by atoms with Crippen molar-refractivity contribution in [1.29, 1.82) is 0 Å². The number of thiophene rings is 1. The summed E-state index contributed by atoms with van der Waals surface area (Å²) in [7, 11) is 0. The van der Waals surface area contributed by atoms with Crippen LogP contribution in [0.4, 0.5) is 0 Å². The Kier molecular flexibility index (Phi) is 3.36. The van der Waals surface area contributed by atoms with Gasteiger partial charge in [0.15, 0.2) is 0 Å². The number of hydrogen-bond acceptors (Lipinski definition) is 4. The Morgan fingerprint density at radius 1 is 1.43 bits per heavy atom. The van der Waals surface area contributed by atoms with Crippen LogP contribution < -0.4 is 5.32 Å². The van der Waals surface area contributed by atoms with Crippen LogP contribution in [-0.2, 0) is 0 Å². The maximum absolute atomic E-state index is 12.4. The molecule has 2 aromatic heterocycles. The van der Waals surface area contributed by atoms with Crippen molar-refractivity contribution in [3.05, 3.63) is 28.4 Å². The van der Waals surface area contributed by atoms with E-state index in [1.807, 2.05) is 12.1 Å². The fourth-order valence-electron chi connectivity index (χ4n) is 3.45. The normalized spacial score (nSPS) is 28.0. The Morgan fingerprint density at radius 3 is 3.19 bits per heavy atom. The number of halogens is 1. The molecule has 2 saturated heterocycles. The molecule has 2 aliphatic heterocycles. The molecule has 1 N–H and O–H groups in total. The Labute approximate surface area is 132 Å². The zero-order chi connectivity index (χ0) is 14.4. The Bertz CT molecular complexity index is 689. The van der Waals surface area contributed by atoms with Crippen LogP contribution in [0.1, 0.15) is 23.3 Å². The molecule has 0 radical (unpaired) electrons. The Balaban J connectivity index is 1.50. The number of piperidine rings is 1. The number of nitrogens with zero attached hydrogens (tertiary/aromatic N) is 2. The third kappa shape index (κ3) is 2.65. The first-order chi connectivity index (χ1) is 10.2. The fourth-order valence-corrected chi connectivity index (χ4v) is 4.61. The topological polar surface area (TPSA) is 45.2 Å². The second-order valence-electron chi connectivity index (χ2n) is 5.98. The van der Waals surface area contributed by atoms with Crippen molar-refractivity contribution in [2.45, 2.75) is 18.9 Å². The second kappa shape index (κ2) is 5.23. The van der Waals surface area contributed by atoms with Crippen molar-refractivity contribution in [3.63, 3.8) is 0 Å². The first kappa shape index (κ1) is 13.5. The lowest BCUT2D eigenvalue weighted by molar-refractivity contribution is 0.0904. The fraction of sp³-hybridized carbons (Fsp3) is 0.467. The predicted molar refractivity (Wildman–Crippen MR) is 85.0 cm³/mol. The number of nitrogens with one attached hydrogen (secondary N) is 1. The van der Waals surface area contributed by atoms with E-state index in [4.69, 9.17) is 11.6 Å². The first-order valence-electron chi connectivity index (χ1n) is 7.26. The molecular weight excluding hydrogens is 306 g/mol. The molecule has 2 fully saturated rings. The van der Waals surface area contributed by atoms with E-state index in [0.29, 0.717) is 5.69 Å². The minimum absolute atomic E-state index is 0.0751. The van der Waals surface area contributed by atoms with Gasteiger partial charge in [-0.25, -0.2) is 0 Å². The average molecular weight is 322 g/mol. The molecule has 0 spiro atoms. The van der Waals surface area contributed by atoms with Crippen LogP contribution in [0.3, 0.4) is 0 Å². The Morgan fingerprint density at radius 2 is 2.33 bits per heavy atom. The van der Waals surface area contributed by atoms with Crippen LogP contribution in [0.2, 0.25) is 4.34 Å². The number of rotatable bonds is 2. The highest BCUT2D eigenvalue weighted by atomic mass is 35.5. The molecule has 1 unspecified atom stereocenters. The molecule has 0 aliphatic carbocycles. The zero-order valence-electron chi connectivity index (χ0n) is 11.5. The first-order valence-corrected chi connectivity index (χ1v) is 8.45. The largest absolute Gasteiger partial charge is 0.347 e. The molecule has 3 atom stereocenters. The van der Waals surface area contributed by atoms with Crippen molar-refractivity contribution < 1.29 is 4.79 Å². The molecule has 0 saturated carbocycles. The van der Waals surface area contributed by atoms with E-state index in [2.05, 4.69) is 15.2 Å². The third-order valence-electron chi connectivity index (χ3n) is 4.41. The van der Waals surface area contributed by atoms with Gasteiger partial charge in [0.25, 0.3) is 5.91 Å². The summed E-state index contributed by atoms with van der Waals surface area (Å²) in [6.45, 7) is 3.34. The number of aromatic nitrogens is 1. The summed E-state index contributed by atoms with van der Waals surface area (Å²) in [5, 5.41) is 4.13. The molecule has 4 nitrogen and oxygen atoms in total. The van der Waals surface area contributed by atoms with Gasteiger partial charge in [-0.2, -0.15) is 0 Å². The van der Waals surface area contributed by atoms with Gasteiger partial charge in [-0.3, -0.25) is 9.78 Å². The van der Waals surface area contributed by atoms with Crippen LogP contribution in [0.25, 0.3) is 10.1 Å². The van der Waals surface area contributed by atoms with Gasteiger partial charge in [-0.1, -0.05) is 11.6 Å². The number of fused-ring (bicyclic) bond motifs is 3. The summed E-state index contributed by atoms with van der Waals surface area (Å²) in [5.41, 5.74) is 0.480. The molecule has 2 aliphatic rings. The highest BCUT2D eigenvalue weighted by Crippen LogP contribution is 2.29. The van der Waals surface area contributed by atoms with Gasteiger partial charge >= 0.3 is 0 Å². The SMILES string of the molecule is O=C(N[C@@H]1C[C@@H]2CCN(C2)C1)c1cc2sc(Cl)cc2cn1. The molecule has 2 bridgehead atoms. The van der Waals surface area contributed by atoms with E-state index >= 15 is 0 Å². The van der Waals surface area contributed by atoms with Crippen molar-refractivity contribution >= 4 is 38.9 Å². The van der Waals surface area contributed by atoms with Gasteiger partial charge in [0.2, 0.25) is 0 Å². The molecule has 21 heavy (non-hydrogen) atoms. The van der Waals surface area contributed by atoms with Crippen LogP contribution >= 0.6 is 22.9 Å². The average Bonchev–Trinajstić information content (AvgIpc) is 2.99. The van der Waals surface area contributed by atoms with Crippen LogP contribution in [-0.4, -0.2) is 41.5 Å². The number of pyridine rings is 1. The van der Waals surface area contributed by atoms with Crippen molar-refractivity contribution in [3.8, 4) is 0 Å². The van der Waals surface area contributed by atoms with E-state index in [-0.39, 0.29) is 11.9 Å². The molecule has 110 valence electrons. The smallest absolute Gasteiger partial charge is 0.270 e. The highest BCUT2D eigenvalue weighted by molar-refractivity contribution is 7.22. The monoisotopic (exact) mass is 321 g/mol. The minimum atomic E-state index is -0.0751. The zero-order valence-corrected chi connectivity index (χ0v) is 13.1. The summed E-state index contributed by atoms with van der Waals surface area (Å²) in [6.07, 6.45) is 4.08. The molecule has 4 heterocycles. The molecule has 2 aromatic rings. The van der Waals surface area contributed by atoms with Crippen LogP contribution in [0, 0.1) is 5.92 Å². The van der Waals surface area contributed by atoms with Crippen LogP contribution in [0.15, 0.2) is 18.3 Å². The number of carbonyl (C=O) groups excluding carboxylic acids is 1. The summed E-state index contributed by atoms with van der Waals surface area (Å²) in [4.78, 5) is 19.1. The van der Waals surface area contributed by atoms with Crippen molar-refractivity contribution in [2.24, 2.45) is 5.92 Å². The summed E-state index contributed by atoms with van der Waals surface area (Å²) in [6, 6.07) is 3.96. The quantitative estimate of drug-likeness (QED) is 0.925. The number of hydrogen-bond donors (Lipinski definition) is 1. The number of carbonyl (C=O) groups is 1. The van der Waals surface area contributed by atoms with Gasteiger partial charge in [0.05, 0.1) is 4.34 Å². The molecule has 4 rings (SSSR count). The molecular formula is C15H16ClN3OS. The van der Waals surface area contributed by atoms with Crippen molar-refractivity contribution in [1.82, 2.24) is 15.2 Å². The van der Waals surface area contributed by atoms with E-state index in [1.165, 1.54) is 30.8 Å². The maximum Gasteiger partial charge on any atom is 0.270 e. The molecule has 6 heteroatoms. The van der Waals surface area contributed by atoms with Gasteiger partial charge < -0.3 is 10.2 Å². The Hall–Kier alpha value is -1.17. The van der Waals surface area contributed by atoms with E-state index in [9.17, 15) is 4.79 Å².